The molecule has 0 saturated heterocycles. The van der Waals surface area contributed by atoms with Crippen molar-refractivity contribution < 1.29 is 10.2 Å². The largest absolute Gasteiger partial charge is 0.393 e. The van der Waals surface area contributed by atoms with Crippen LogP contribution in [0.15, 0.2) is 0 Å². The molecule has 2 heteroatoms. The van der Waals surface area contributed by atoms with Gasteiger partial charge in [-0.15, -0.1) is 0 Å². The molecular formula is C12H24O2. The van der Waals surface area contributed by atoms with Crippen LogP contribution in [-0.4, -0.2) is 22.4 Å². The van der Waals surface area contributed by atoms with Crippen molar-refractivity contribution in [1.29, 1.82) is 0 Å². The zero-order chi connectivity index (χ0) is 10.6. The fraction of sp³-hybridized carbons (Fsp3) is 1.00. The molecule has 0 bridgehead atoms. The molecule has 0 aromatic carbocycles. The van der Waals surface area contributed by atoms with Gasteiger partial charge in [-0.1, -0.05) is 32.6 Å². The van der Waals surface area contributed by atoms with Crippen molar-refractivity contribution in [2.75, 3.05) is 0 Å². The Morgan fingerprint density at radius 3 is 2.43 bits per heavy atom. The molecule has 2 nitrogen and oxygen atoms in total. The molecule has 0 amide bonds. The molecule has 0 spiro atoms. The van der Waals surface area contributed by atoms with Gasteiger partial charge in [-0.05, 0) is 31.6 Å². The second-order valence-corrected chi connectivity index (χ2v) is 4.68. The molecule has 4 atom stereocenters. The van der Waals surface area contributed by atoms with Crippen LogP contribution in [0.2, 0.25) is 0 Å². The first kappa shape index (κ1) is 12.0. The van der Waals surface area contributed by atoms with Gasteiger partial charge in [-0.25, -0.2) is 0 Å². The summed E-state index contributed by atoms with van der Waals surface area (Å²) in [6, 6.07) is 0. The van der Waals surface area contributed by atoms with Crippen LogP contribution >= 0.6 is 0 Å². The summed E-state index contributed by atoms with van der Waals surface area (Å²) in [5.74, 6) is 0.602. The van der Waals surface area contributed by atoms with Gasteiger partial charge >= 0.3 is 0 Å². The monoisotopic (exact) mass is 200 g/mol. The third kappa shape index (κ3) is 2.96. The van der Waals surface area contributed by atoms with E-state index < -0.39 is 0 Å². The van der Waals surface area contributed by atoms with E-state index in [1.807, 2.05) is 6.92 Å². The lowest BCUT2D eigenvalue weighted by Crippen LogP contribution is -2.33. The summed E-state index contributed by atoms with van der Waals surface area (Å²) in [5, 5.41) is 19.7. The van der Waals surface area contributed by atoms with Gasteiger partial charge < -0.3 is 10.2 Å². The summed E-state index contributed by atoms with van der Waals surface area (Å²) >= 11 is 0. The molecule has 0 aromatic rings. The molecule has 1 saturated carbocycles. The quantitative estimate of drug-likeness (QED) is 0.686. The fourth-order valence-electron chi connectivity index (χ4n) is 2.82. The predicted molar refractivity (Wildman–Crippen MR) is 58.0 cm³/mol. The van der Waals surface area contributed by atoms with Crippen molar-refractivity contribution in [3.8, 4) is 0 Å². The summed E-state index contributed by atoms with van der Waals surface area (Å²) in [7, 11) is 0. The third-order valence-corrected chi connectivity index (χ3v) is 3.67. The molecule has 0 aromatic heterocycles. The molecule has 14 heavy (non-hydrogen) atoms. The van der Waals surface area contributed by atoms with E-state index in [0.29, 0.717) is 5.92 Å². The van der Waals surface area contributed by atoms with Gasteiger partial charge in [-0.2, -0.15) is 0 Å². The smallest absolute Gasteiger partial charge is 0.0572 e. The van der Waals surface area contributed by atoms with Gasteiger partial charge in [0.25, 0.3) is 0 Å². The highest BCUT2D eigenvalue weighted by Gasteiger charge is 2.30. The molecule has 0 radical (unpaired) electrons. The number of hydrogen-bond donors (Lipinski definition) is 2. The lowest BCUT2D eigenvalue weighted by atomic mass is 9.80. The Morgan fingerprint density at radius 1 is 1.21 bits per heavy atom. The van der Waals surface area contributed by atoms with Gasteiger partial charge in [0.05, 0.1) is 12.2 Å². The van der Waals surface area contributed by atoms with Crippen LogP contribution in [-0.2, 0) is 0 Å². The van der Waals surface area contributed by atoms with Crippen molar-refractivity contribution in [2.24, 2.45) is 11.8 Å². The Hall–Kier alpha value is -0.0800. The molecule has 1 fully saturated rings. The zero-order valence-electron chi connectivity index (χ0n) is 9.45. The van der Waals surface area contributed by atoms with Gasteiger partial charge in [0.2, 0.25) is 0 Å². The molecule has 0 aliphatic heterocycles. The topological polar surface area (TPSA) is 40.5 Å². The maximum Gasteiger partial charge on any atom is 0.0572 e. The van der Waals surface area contributed by atoms with Crippen LogP contribution in [0, 0.1) is 11.8 Å². The Morgan fingerprint density at radius 2 is 1.86 bits per heavy atom. The zero-order valence-corrected chi connectivity index (χ0v) is 9.45. The van der Waals surface area contributed by atoms with Crippen LogP contribution < -0.4 is 0 Å². The highest BCUT2D eigenvalue weighted by Crippen LogP contribution is 2.32. The number of aliphatic hydroxyl groups is 2. The molecule has 2 N–H and O–H groups in total. The average molecular weight is 200 g/mol. The maximum atomic E-state index is 9.99. The lowest BCUT2D eigenvalue weighted by molar-refractivity contribution is 0.00906. The van der Waals surface area contributed by atoms with Crippen molar-refractivity contribution >= 4 is 0 Å². The fourth-order valence-corrected chi connectivity index (χ4v) is 2.82. The first-order valence-electron chi connectivity index (χ1n) is 6.03. The summed E-state index contributed by atoms with van der Waals surface area (Å²) in [6.07, 6.45) is 6.12. The molecular weight excluding hydrogens is 176 g/mol. The van der Waals surface area contributed by atoms with Crippen LogP contribution in [0.4, 0.5) is 0 Å². The van der Waals surface area contributed by atoms with Crippen molar-refractivity contribution in [2.45, 2.75) is 64.6 Å². The first-order valence-corrected chi connectivity index (χ1v) is 6.03. The molecule has 4 unspecified atom stereocenters. The van der Waals surface area contributed by atoms with E-state index in [1.165, 1.54) is 12.8 Å². The Balaban J connectivity index is 2.60. The highest BCUT2D eigenvalue weighted by molar-refractivity contribution is 4.81. The van der Waals surface area contributed by atoms with Crippen molar-refractivity contribution in [3.05, 3.63) is 0 Å². The lowest BCUT2D eigenvalue weighted by Gasteiger charge is -2.31. The number of rotatable bonds is 3. The standard InChI is InChI=1S/C12H24O2/c1-3-10(9(2)13)11-7-5-4-6-8-12(11)14/h9-14H,3-8H2,1-2H3. The predicted octanol–water partition coefficient (Wildman–Crippen LogP) is 2.33. The molecule has 1 rings (SSSR count). The summed E-state index contributed by atoms with van der Waals surface area (Å²) in [5.41, 5.74) is 0. The van der Waals surface area contributed by atoms with Crippen LogP contribution in [0.25, 0.3) is 0 Å². The molecule has 0 heterocycles. The summed E-state index contributed by atoms with van der Waals surface area (Å²) in [4.78, 5) is 0. The van der Waals surface area contributed by atoms with Gasteiger partial charge in [0, 0.05) is 0 Å². The maximum absolute atomic E-state index is 9.99. The molecule has 1 aliphatic carbocycles. The van der Waals surface area contributed by atoms with E-state index in [4.69, 9.17) is 0 Å². The highest BCUT2D eigenvalue weighted by atomic mass is 16.3. The van der Waals surface area contributed by atoms with Crippen LogP contribution in [0.1, 0.15) is 52.4 Å². The van der Waals surface area contributed by atoms with Crippen LogP contribution in [0.5, 0.6) is 0 Å². The van der Waals surface area contributed by atoms with E-state index in [1.54, 1.807) is 0 Å². The van der Waals surface area contributed by atoms with E-state index in [9.17, 15) is 10.2 Å². The second kappa shape index (κ2) is 5.72. The minimum Gasteiger partial charge on any atom is -0.393 e. The average Bonchev–Trinajstić information content (AvgIpc) is 2.33. The SMILES string of the molecule is CCC(C(C)O)C1CCCCCC1O. The Kier molecular flexibility index (Phi) is 4.90. The first-order chi connectivity index (χ1) is 6.66. The van der Waals surface area contributed by atoms with Gasteiger partial charge in [-0.3, -0.25) is 0 Å². The summed E-state index contributed by atoms with van der Waals surface area (Å²) < 4.78 is 0. The number of aliphatic hydroxyl groups excluding tert-OH is 2. The van der Waals surface area contributed by atoms with E-state index in [0.717, 1.165) is 25.7 Å². The van der Waals surface area contributed by atoms with Crippen molar-refractivity contribution in [1.82, 2.24) is 0 Å². The van der Waals surface area contributed by atoms with E-state index >= 15 is 0 Å². The second-order valence-electron chi connectivity index (χ2n) is 4.68. The molecule has 1 aliphatic rings. The van der Waals surface area contributed by atoms with Crippen molar-refractivity contribution in [3.63, 3.8) is 0 Å². The Labute approximate surface area is 87.3 Å². The van der Waals surface area contributed by atoms with E-state index in [-0.39, 0.29) is 18.1 Å². The summed E-state index contributed by atoms with van der Waals surface area (Å²) in [6.45, 7) is 3.96. The van der Waals surface area contributed by atoms with E-state index in [2.05, 4.69) is 6.92 Å². The van der Waals surface area contributed by atoms with Crippen LogP contribution in [0.3, 0.4) is 0 Å². The third-order valence-electron chi connectivity index (χ3n) is 3.67. The van der Waals surface area contributed by atoms with Gasteiger partial charge in [0.1, 0.15) is 0 Å². The normalized spacial score (nSPS) is 33.4. The minimum atomic E-state index is -0.280. The number of hydrogen-bond acceptors (Lipinski definition) is 2. The molecule has 84 valence electrons. The van der Waals surface area contributed by atoms with Gasteiger partial charge in [0.15, 0.2) is 0 Å². The Bertz CT molecular complexity index is 156. The minimum absolute atomic E-state index is 0.183.